The van der Waals surface area contributed by atoms with Gasteiger partial charge in [0.05, 0.1) is 9.21 Å². The van der Waals surface area contributed by atoms with Crippen LogP contribution in [-0.2, 0) is 6.42 Å². The standard InChI is InChI=1S/C14H12ClNO2S/c1-8-6-9-7-10(2-3-11(9)18-8)16-14(17)12-4-5-13(15)19-12/h2-5,7-8H,6H2,1H3,(H,16,17). The van der Waals surface area contributed by atoms with Crippen molar-refractivity contribution in [2.24, 2.45) is 0 Å². The van der Waals surface area contributed by atoms with E-state index in [2.05, 4.69) is 5.32 Å². The van der Waals surface area contributed by atoms with E-state index in [-0.39, 0.29) is 12.0 Å². The molecule has 0 bridgehead atoms. The topological polar surface area (TPSA) is 38.3 Å². The van der Waals surface area contributed by atoms with E-state index in [1.54, 1.807) is 12.1 Å². The minimum absolute atomic E-state index is 0.135. The molecule has 1 aliphatic heterocycles. The zero-order chi connectivity index (χ0) is 13.4. The second-order valence-corrected chi connectivity index (χ2v) is 6.23. The molecule has 1 aromatic carbocycles. The first kappa shape index (κ1) is 12.5. The van der Waals surface area contributed by atoms with Gasteiger partial charge >= 0.3 is 0 Å². The van der Waals surface area contributed by atoms with Gasteiger partial charge in [-0.2, -0.15) is 0 Å². The van der Waals surface area contributed by atoms with Gasteiger partial charge in [-0.1, -0.05) is 11.6 Å². The maximum Gasteiger partial charge on any atom is 0.265 e. The number of ether oxygens (including phenoxy) is 1. The molecule has 0 saturated carbocycles. The fraction of sp³-hybridized carbons (Fsp3) is 0.214. The van der Waals surface area contributed by atoms with Gasteiger partial charge in [-0.05, 0) is 42.8 Å². The predicted molar refractivity (Wildman–Crippen MR) is 77.5 cm³/mol. The van der Waals surface area contributed by atoms with E-state index in [0.29, 0.717) is 9.21 Å². The molecule has 1 atom stereocenters. The number of halogens is 1. The molecule has 3 nitrogen and oxygen atoms in total. The van der Waals surface area contributed by atoms with Gasteiger partial charge in [-0.15, -0.1) is 11.3 Å². The number of thiophene rings is 1. The van der Waals surface area contributed by atoms with E-state index in [1.165, 1.54) is 11.3 Å². The number of hydrogen-bond acceptors (Lipinski definition) is 3. The average Bonchev–Trinajstić information content (AvgIpc) is 2.93. The maximum absolute atomic E-state index is 12.0. The van der Waals surface area contributed by atoms with Crippen LogP contribution in [0.2, 0.25) is 4.34 Å². The zero-order valence-corrected chi connectivity index (χ0v) is 11.8. The summed E-state index contributed by atoms with van der Waals surface area (Å²) in [6.07, 6.45) is 1.08. The lowest BCUT2D eigenvalue weighted by Crippen LogP contribution is -2.10. The molecule has 98 valence electrons. The lowest BCUT2D eigenvalue weighted by atomic mass is 10.1. The summed E-state index contributed by atoms with van der Waals surface area (Å²) in [6, 6.07) is 9.16. The summed E-state index contributed by atoms with van der Waals surface area (Å²) in [7, 11) is 0. The summed E-state index contributed by atoms with van der Waals surface area (Å²) in [5.41, 5.74) is 1.92. The van der Waals surface area contributed by atoms with Crippen LogP contribution in [0.4, 0.5) is 5.69 Å². The number of amides is 1. The Hall–Kier alpha value is -1.52. The van der Waals surface area contributed by atoms with Crippen LogP contribution in [0.15, 0.2) is 30.3 Å². The van der Waals surface area contributed by atoms with E-state index in [9.17, 15) is 4.79 Å². The number of fused-ring (bicyclic) bond motifs is 1. The zero-order valence-electron chi connectivity index (χ0n) is 10.3. The molecule has 0 radical (unpaired) electrons. The fourth-order valence-corrected chi connectivity index (χ4v) is 3.07. The van der Waals surface area contributed by atoms with Crippen molar-refractivity contribution in [1.29, 1.82) is 0 Å². The molecule has 1 N–H and O–H groups in total. The monoisotopic (exact) mass is 293 g/mol. The highest BCUT2D eigenvalue weighted by Crippen LogP contribution is 2.31. The van der Waals surface area contributed by atoms with E-state index in [1.807, 2.05) is 25.1 Å². The molecule has 2 heterocycles. The van der Waals surface area contributed by atoms with Gasteiger partial charge in [0.15, 0.2) is 0 Å². The minimum Gasteiger partial charge on any atom is -0.490 e. The molecule has 0 fully saturated rings. The van der Waals surface area contributed by atoms with Crippen LogP contribution in [0.1, 0.15) is 22.2 Å². The van der Waals surface area contributed by atoms with Gasteiger partial charge in [0.2, 0.25) is 0 Å². The summed E-state index contributed by atoms with van der Waals surface area (Å²) in [6.45, 7) is 2.03. The van der Waals surface area contributed by atoms with Crippen LogP contribution in [0.25, 0.3) is 0 Å². The maximum atomic E-state index is 12.0. The number of carbonyl (C=O) groups is 1. The van der Waals surface area contributed by atoms with Crippen molar-refractivity contribution in [3.63, 3.8) is 0 Å². The first-order valence-electron chi connectivity index (χ1n) is 5.98. The summed E-state index contributed by atoms with van der Waals surface area (Å²) < 4.78 is 6.24. The summed E-state index contributed by atoms with van der Waals surface area (Å²) in [5.74, 6) is 0.772. The molecule has 1 unspecified atom stereocenters. The van der Waals surface area contributed by atoms with Crippen molar-refractivity contribution in [1.82, 2.24) is 0 Å². The van der Waals surface area contributed by atoms with Gasteiger partial charge in [-0.3, -0.25) is 4.79 Å². The number of carbonyl (C=O) groups excluding carboxylic acids is 1. The Kier molecular flexibility index (Phi) is 3.21. The lowest BCUT2D eigenvalue weighted by molar-refractivity contribution is 0.103. The third-order valence-corrected chi connectivity index (χ3v) is 4.18. The highest BCUT2D eigenvalue weighted by atomic mass is 35.5. The Morgan fingerprint density at radius 1 is 1.42 bits per heavy atom. The van der Waals surface area contributed by atoms with E-state index in [4.69, 9.17) is 16.3 Å². The van der Waals surface area contributed by atoms with Crippen molar-refractivity contribution >= 4 is 34.5 Å². The molecule has 5 heteroatoms. The SMILES string of the molecule is CC1Cc2cc(NC(=O)c3ccc(Cl)s3)ccc2O1. The number of benzene rings is 1. The second kappa shape index (κ2) is 4.87. The van der Waals surface area contributed by atoms with E-state index in [0.717, 1.165) is 23.4 Å². The molecule has 0 aliphatic carbocycles. The third kappa shape index (κ3) is 2.60. The van der Waals surface area contributed by atoms with Crippen LogP contribution in [0.3, 0.4) is 0 Å². The van der Waals surface area contributed by atoms with Crippen LogP contribution >= 0.6 is 22.9 Å². The quantitative estimate of drug-likeness (QED) is 0.909. The normalized spacial score (nSPS) is 16.8. The predicted octanol–water partition coefficient (Wildman–Crippen LogP) is 3.98. The van der Waals surface area contributed by atoms with Gasteiger partial charge < -0.3 is 10.1 Å². The molecular weight excluding hydrogens is 282 g/mol. The number of rotatable bonds is 2. The number of anilines is 1. The summed E-state index contributed by atoms with van der Waals surface area (Å²) in [5, 5.41) is 2.87. The lowest BCUT2D eigenvalue weighted by Gasteiger charge is -2.05. The molecule has 0 saturated heterocycles. The smallest absolute Gasteiger partial charge is 0.265 e. The third-order valence-electron chi connectivity index (χ3n) is 2.95. The van der Waals surface area contributed by atoms with Crippen molar-refractivity contribution in [2.75, 3.05) is 5.32 Å². The van der Waals surface area contributed by atoms with Crippen LogP contribution in [0, 0.1) is 0 Å². The molecule has 2 aromatic rings. The van der Waals surface area contributed by atoms with Crippen molar-refractivity contribution in [3.8, 4) is 5.75 Å². The van der Waals surface area contributed by atoms with Gasteiger partial charge in [0, 0.05) is 12.1 Å². The first-order chi connectivity index (χ1) is 9.11. The fourth-order valence-electron chi connectivity index (χ4n) is 2.13. The Morgan fingerprint density at radius 3 is 3.00 bits per heavy atom. The Bertz CT molecular complexity index is 638. The van der Waals surface area contributed by atoms with Crippen LogP contribution < -0.4 is 10.1 Å². The minimum atomic E-state index is -0.135. The largest absolute Gasteiger partial charge is 0.490 e. The highest BCUT2D eigenvalue weighted by molar-refractivity contribution is 7.18. The van der Waals surface area contributed by atoms with Crippen molar-refractivity contribution in [2.45, 2.75) is 19.4 Å². The Morgan fingerprint density at radius 2 is 2.26 bits per heavy atom. The average molecular weight is 294 g/mol. The molecule has 1 aromatic heterocycles. The Balaban J connectivity index is 1.77. The summed E-state index contributed by atoms with van der Waals surface area (Å²) in [4.78, 5) is 12.6. The van der Waals surface area contributed by atoms with Gasteiger partial charge in [-0.25, -0.2) is 0 Å². The van der Waals surface area contributed by atoms with Crippen LogP contribution in [-0.4, -0.2) is 12.0 Å². The highest BCUT2D eigenvalue weighted by Gasteiger charge is 2.19. The second-order valence-electron chi connectivity index (χ2n) is 4.51. The van der Waals surface area contributed by atoms with Crippen molar-refractivity contribution < 1.29 is 9.53 Å². The van der Waals surface area contributed by atoms with Gasteiger partial charge in [0.1, 0.15) is 11.9 Å². The van der Waals surface area contributed by atoms with Gasteiger partial charge in [0.25, 0.3) is 5.91 Å². The molecule has 0 spiro atoms. The van der Waals surface area contributed by atoms with Crippen molar-refractivity contribution in [3.05, 3.63) is 45.1 Å². The van der Waals surface area contributed by atoms with E-state index >= 15 is 0 Å². The molecule has 1 aliphatic rings. The number of hydrogen-bond donors (Lipinski definition) is 1. The number of nitrogens with one attached hydrogen (secondary N) is 1. The molecular formula is C14H12ClNO2S. The molecule has 1 amide bonds. The molecule has 19 heavy (non-hydrogen) atoms. The van der Waals surface area contributed by atoms with Crippen LogP contribution in [0.5, 0.6) is 5.75 Å². The van der Waals surface area contributed by atoms with E-state index < -0.39 is 0 Å². The Labute approximate surface area is 120 Å². The molecule has 3 rings (SSSR count). The summed E-state index contributed by atoms with van der Waals surface area (Å²) >= 11 is 7.09. The first-order valence-corrected chi connectivity index (χ1v) is 7.17.